The van der Waals surface area contributed by atoms with E-state index in [2.05, 4.69) is 10.2 Å². The van der Waals surface area contributed by atoms with Gasteiger partial charge in [0.05, 0.1) is 5.41 Å². The first-order valence-corrected chi connectivity index (χ1v) is 8.34. The lowest BCUT2D eigenvalue weighted by Gasteiger charge is -2.48. The molecule has 0 radical (unpaired) electrons. The van der Waals surface area contributed by atoms with E-state index < -0.39 is 11.0 Å². The van der Waals surface area contributed by atoms with Crippen LogP contribution in [0.1, 0.15) is 18.4 Å². The Hall–Kier alpha value is -1.43. The van der Waals surface area contributed by atoms with E-state index in [1.54, 1.807) is 6.07 Å². The molecule has 5 nitrogen and oxygen atoms in total. The molecule has 0 saturated carbocycles. The maximum absolute atomic E-state index is 13.1. The van der Waals surface area contributed by atoms with Crippen LogP contribution in [0.3, 0.4) is 0 Å². The summed E-state index contributed by atoms with van der Waals surface area (Å²) in [5.41, 5.74) is -0.0273. The second-order valence-electron chi connectivity index (χ2n) is 7.02. The maximum Gasteiger partial charge on any atom is 0.250 e. The molecule has 2 atom stereocenters. The summed E-state index contributed by atoms with van der Waals surface area (Å²) >= 11 is 6.22. The van der Waals surface area contributed by atoms with E-state index in [9.17, 15) is 9.59 Å². The number of hydrogen-bond acceptors (Lipinski definition) is 4. The van der Waals surface area contributed by atoms with Gasteiger partial charge in [0.15, 0.2) is 0 Å². The van der Waals surface area contributed by atoms with Crippen molar-refractivity contribution in [1.29, 1.82) is 0 Å². The van der Waals surface area contributed by atoms with Crippen molar-refractivity contribution in [2.24, 2.45) is 5.41 Å². The number of hydrogen-bond donors (Lipinski definition) is 1. The molecule has 2 spiro atoms. The number of halogens is 1. The summed E-state index contributed by atoms with van der Waals surface area (Å²) in [7, 11) is 3.96. The largest absolute Gasteiger partial charge is 0.324 e. The van der Waals surface area contributed by atoms with Crippen LogP contribution in [0.4, 0.5) is 5.69 Å². The number of amides is 1. The highest BCUT2D eigenvalue weighted by atomic mass is 35.5. The molecule has 0 aliphatic carbocycles. The lowest BCUT2D eigenvalue weighted by molar-refractivity contribution is -0.149. The molecule has 0 aromatic heterocycles. The molecular formula is C17H20ClN3O2. The lowest BCUT2D eigenvalue weighted by atomic mass is 9.62. The Bertz CT molecular complexity index is 722. The van der Waals surface area contributed by atoms with E-state index >= 15 is 0 Å². The third-order valence-electron chi connectivity index (χ3n) is 5.88. The molecular weight excluding hydrogens is 314 g/mol. The van der Waals surface area contributed by atoms with Crippen molar-refractivity contribution in [1.82, 2.24) is 9.80 Å². The third kappa shape index (κ3) is 1.70. The number of anilines is 1. The van der Waals surface area contributed by atoms with Crippen LogP contribution in [0.25, 0.3) is 0 Å². The number of fused-ring (bicyclic) bond motifs is 3. The van der Waals surface area contributed by atoms with Crippen LogP contribution in [-0.4, -0.2) is 55.2 Å². The van der Waals surface area contributed by atoms with Crippen LogP contribution in [-0.2, 0) is 15.1 Å². The fourth-order valence-electron chi connectivity index (χ4n) is 4.88. The summed E-state index contributed by atoms with van der Waals surface area (Å²) in [6.45, 7) is 2.08. The van der Waals surface area contributed by atoms with Crippen LogP contribution in [0, 0.1) is 5.41 Å². The number of ketones is 1. The minimum Gasteiger partial charge on any atom is -0.324 e. The number of benzene rings is 1. The zero-order valence-electron chi connectivity index (χ0n) is 13.4. The summed E-state index contributed by atoms with van der Waals surface area (Å²) in [6.07, 6.45) is 1.20. The van der Waals surface area contributed by atoms with Gasteiger partial charge in [-0.05, 0) is 38.7 Å². The molecule has 1 aromatic rings. The van der Waals surface area contributed by atoms with Crippen molar-refractivity contribution in [3.63, 3.8) is 0 Å². The van der Waals surface area contributed by atoms with Crippen LogP contribution in [0.15, 0.2) is 18.2 Å². The van der Waals surface area contributed by atoms with E-state index in [1.807, 2.05) is 31.1 Å². The number of Topliss-reactive ketones (excluding diaryl/α,β-unsaturated/α-hetero) is 1. The van der Waals surface area contributed by atoms with Gasteiger partial charge in [0.2, 0.25) is 0 Å². The second kappa shape index (κ2) is 4.79. The molecule has 2 unspecified atom stereocenters. The Morgan fingerprint density at radius 2 is 2.00 bits per heavy atom. The molecule has 0 bridgehead atoms. The molecule has 6 heteroatoms. The highest BCUT2D eigenvalue weighted by Gasteiger charge is 2.70. The molecule has 2 saturated heterocycles. The van der Waals surface area contributed by atoms with E-state index in [0.29, 0.717) is 24.4 Å². The summed E-state index contributed by atoms with van der Waals surface area (Å²) < 4.78 is 0. The third-order valence-corrected chi connectivity index (χ3v) is 6.12. The van der Waals surface area contributed by atoms with Gasteiger partial charge in [-0.3, -0.25) is 14.5 Å². The van der Waals surface area contributed by atoms with Crippen LogP contribution < -0.4 is 5.32 Å². The molecule has 122 valence electrons. The molecule has 3 aliphatic rings. The number of nitrogens with zero attached hydrogens (tertiary/aromatic N) is 2. The van der Waals surface area contributed by atoms with Gasteiger partial charge >= 0.3 is 0 Å². The standard InChI is InChI=1S/C17H20ClN3O2/c1-20-7-5-14(22)16(10-20)6-8-21(2)17(16)12-9-11(18)3-4-13(12)19-15(17)23/h3-4,9H,5-8,10H2,1-2H3,(H,19,23). The number of piperidine rings is 1. The van der Waals surface area contributed by atoms with Crippen molar-refractivity contribution in [2.75, 3.05) is 39.0 Å². The Balaban J connectivity index is 1.99. The Labute approximate surface area is 140 Å². The average Bonchev–Trinajstić information content (AvgIpc) is 2.96. The molecule has 3 heterocycles. The van der Waals surface area contributed by atoms with Gasteiger partial charge < -0.3 is 10.2 Å². The second-order valence-corrected chi connectivity index (χ2v) is 7.46. The molecule has 2 fully saturated rings. The summed E-state index contributed by atoms with van der Waals surface area (Å²) in [5, 5.41) is 3.57. The predicted molar refractivity (Wildman–Crippen MR) is 88.6 cm³/mol. The number of carbonyl (C=O) groups excluding carboxylic acids is 2. The molecule has 3 aliphatic heterocycles. The van der Waals surface area contributed by atoms with Crippen molar-refractivity contribution in [3.05, 3.63) is 28.8 Å². The fraction of sp³-hybridized carbons (Fsp3) is 0.529. The maximum atomic E-state index is 13.1. The van der Waals surface area contributed by atoms with Gasteiger partial charge in [-0.15, -0.1) is 0 Å². The van der Waals surface area contributed by atoms with E-state index in [1.165, 1.54) is 0 Å². The highest BCUT2D eigenvalue weighted by molar-refractivity contribution is 6.31. The minimum absolute atomic E-state index is 0.0987. The topological polar surface area (TPSA) is 52.7 Å². The molecule has 4 rings (SSSR count). The normalized spacial score (nSPS) is 34.4. The summed E-state index contributed by atoms with van der Waals surface area (Å²) in [5.74, 6) is 0.0985. The molecule has 1 N–H and O–H groups in total. The number of likely N-dealkylation sites (tertiary alicyclic amines) is 2. The van der Waals surface area contributed by atoms with Gasteiger partial charge in [-0.25, -0.2) is 0 Å². The Morgan fingerprint density at radius 3 is 2.78 bits per heavy atom. The van der Waals surface area contributed by atoms with Gasteiger partial charge in [-0.2, -0.15) is 0 Å². The van der Waals surface area contributed by atoms with E-state index in [-0.39, 0.29) is 11.7 Å². The van der Waals surface area contributed by atoms with Crippen LogP contribution in [0.2, 0.25) is 5.02 Å². The van der Waals surface area contributed by atoms with Crippen LogP contribution in [0.5, 0.6) is 0 Å². The lowest BCUT2D eigenvalue weighted by Crippen LogP contribution is -2.63. The SMILES string of the molecule is CN1CCC(=O)C2(CCN(C)C23C(=O)Nc2ccc(Cl)cc23)C1. The fourth-order valence-corrected chi connectivity index (χ4v) is 5.05. The highest BCUT2D eigenvalue weighted by Crippen LogP contribution is 2.58. The van der Waals surface area contributed by atoms with Gasteiger partial charge in [0, 0.05) is 42.3 Å². The van der Waals surface area contributed by atoms with Crippen molar-refractivity contribution in [2.45, 2.75) is 18.4 Å². The van der Waals surface area contributed by atoms with Gasteiger partial charge in [0.25, 0.3) is 5.91 Å². The first kappa shape index (κ1) is 15.1. The van der Waals surface area contributed by atoms with Crippen LogP contribution >= 0.6 is 11.6 Å². The summed E-state index contributed by atoms with van der Waals surface area (Å²) in [6, 6.07) is 5.46. The summed E-state index contributed by atoms with van der Waals surface area (Å²) in [4.78, 5) is 30.4. The molecule has 1 amide bonds. The predicted octanol–water partition coefficient (Wildman–Crippen LogP) is 1.71. The van der Waals surface area contributed by atoms with E-state index in [0.717, 1.165) is 24.3 Å². The van der Waals surface area contributed by atoms with Gasteiger partial charge in [-0.1, -0.05) is 11.6 Å². The Morgan fingerprint density at radius 1 is 1.22 bits per heavy atom. The van der Waals surface area contributed by atoms with Crippen molar-refractivity contribution >= 4 is 29.0 Å². The molecule has 23 heavy (non-hydrogen) atoms. The first-order chi connectivity index (χ1) is 10.9. The smallest absolute Gasteiger partial charge is 0.250 e. The number of nitrogens with one attached hydrogen (secondary N) is 1. The first-order valence-electron chi connectivity index (χ1n) is 7.96. The number of likely N-dealkylation sites (N-methyl/N-ethyl adjacent to an activating group) is 1. The van der Waals surface area contributed by atoms with Gasteiger partial charge in [0.1, 0.15) is 11.3 Å². The minimum atomic E-state index is -0.945. The number of carbonyl (C=O) groups is 2. The molecule has 1 aromatic carbocycles. The zero-order chi connectivity index (χ0) is 16.4. The zero-order valence-corrected chi connectivity index (χ0v) is 14.1. The van der Waals surface area contributed by atoms with Crippen molar-refractivity contribution < 1.29 is 9.59 Å². The monoisotopic (exact) mass is 333 g/mol. The number of rotatable bonds is 0. The quantitative estimate of drug-likeness (QED) is 0.785. The van der Waals surface area contributed by atoms with E-state index in [4.69, 9.17) is 11.6 Å². The average molecular weight is 334 g/mol. The van der Waals surface area contributed by atoms with Crippen molar-refractivity contribution in [3.8, 4) is 0 Å². The Kier molecular flexibility index (Phi) is 3.15.